The molecule has 0 aromatic rings. The fourth-order valence-corrected chi connectivity index (χ4v) is 4.57. The van der Waals surface area contributed by atoms with Gasteiger partial charge in [0.1, 0.15) is 0 Å². The lowest BCUT2D eigenvalue weighted by molar-refractivity contribution is -0.150. The minimum Gasteiger partial charge on any atom is -0.481 e. The molecule has 6 nitrogen and oxygen atoms in total. The van der Waals surface area contributed by atoms with Gasteiger partial charge in [-0.05, 0) is 19.8 Å². The van der Waals surface area contributed by atoms with E-state index in [2.05, 4.69) is 4.90 Å². The van der Waals surface area contributed by atoms with Crippen LogP contribution in [-0.4, -0.2) is 72.2 Å². The number of carbonyl (C=O) groups excluding carboxylic acids is 1. The second kappa shape index (κ2) is 6.16. The van der Waals surface area contributed by atoms with Crippen LogP contribution in [0.5, 0.6) is 0 Å². The third-order valence-electron chi connectivity index (χ3n) is 5.63. The first-order valence-electron chi connectivity index (χ1n) is 8.40. The van der Waals surface area contributed by atoms with Crippen molar-refractivity contribution in [3.63, 3.8) is 0 Å². The van der Waals surface area contributed by atoms with Crippen molar-refractivity contribution in [3.05, 3.63) is 0 Å². The molecule has 22 heavy (non-hydrogen) atoms. The van der Waals surface area contributed by atoms with Gasteiger partial charge < -0.3 is 9.84 Å². The fraction of sp³-hybridized carbons (Fsp3) is 0.875. The van der Waals surface area contributed by atoms with Crippen LogP contribution in [0.1, 0.15) is 32.6 Å². The molecule has 1 N–H and O–H groups in total. The van der Waals surface area contributed by atoms with E-state index in [9.17, 15) is 14.7 Å². The maximum Gasteiger partial charge on any atom is 0.320 e. The summed E-state index contributed by atoms with van der Waals surface area (Å²) in [6.07, 6.45) is 4.94. The van der Waals surface area contributed by atoms with Gasteiger partial charge in [0.25, 0.3) is 0 Å². The maximum atomic E-state index is 12.0. The average Bonchev–Trinajstić information content (AvgIpc) is 3.10. The molecule has 124 valence electrons. The largest absolute Gasteiger partial charge is 0.481 e. The fourth-order valence-electron chi connectivity index (χ4n) is 4.57. The molecule has 2 atom stereocenters. The van der Waals surface area contributed by atoms with Gasteiger partial charge in [-0.15, -0.1) is 0 Å². The molecule has 0 aromatic carbocycles. The van der Waals surface area contributed by atoms with E-state index in [4.69, 9.17) is 4.74 Å². The van der Waals surface area contributed by atoms with Gasteiger partial charge in [-0.2, -0.15) is 0 Å². The Hall–Kier alpha value is -1.14. The summed E-state index contributed by atoms with van der Waals surface area (Å²) in [5.74, 6) is -0.833. The lowest BCUT2D eigenvalue weighted by Crippen LogP contribution is -2.43. The van der Waals surface area contributed by atoms with Gasteiger partial charge in [0.05, 0.1) is 18.6 Å². The molecule has 0 aromatic heterocycles. The maximum absolute atomic E-state index is 12.0. The second-order valence-corrected chi connectivity index (χ2v) is 7.00. The summed E-state index contributed by atoms with van der Waals surface area (Å²) in [6, 6.07) is 0.570. The number of aliphatic carboxylic acids is 1. The van der Waals surface area contributed by atoms with Crippen LogP contribution in [0.2, 0.25) is 0 Å². The Labute approximate surface area is 131 Å². The first-order chi connectivity index (χ1) is 10.5. The number of ether oxygens (including phenoxy) is 1. The molecule has 2 saturated heterocycles. The van der Waals surface area contributed by atoms with E-state index in [-0.39, 0.29) is 18.4 Å². The van der Waals surface area contributed by atoms with Crippen LogP contribution in [0.15, 0.2) is 0 Å². The van der Waals surface area contributed by atoms with Gasteiger partial charge >= 0.3 is 11.9 Å². The lowest BCUT2D eigenvalue weighted by Gasteiger charge is -2.28. The number of fused-ring (bicyclic) bond motifs is 1. The summed E-state index contributed by atoms with van der Waals surface area (Å²) in [7, 11) is 0. The summed E-state index contributed by atoms with van der Waals surface area (Å²) >= 11 is 0. The average molecular weight is 310 g/mol. The molecular weight excluding hydrogens is 284 g/mol. The molecule has 2 heterocycles. The van der Waals surface area contributed by atoms with Crippen LogP contribution >= 0.6 is 0 Å². The first kappa shape index (κ1) is 15.7. The molecule has 0 radical (unpaired) electrons. The van der Waals surface area contributed by atoms with E-state index in [1.165, 1.54) is 25.7 Å². The van der Waals surface area contributed by atoms with Crippen molar-refractivity contribution in [2.45, 2.75) is 38.6 Å². The Bertz CT molecular complexity index is 449. The topological polar surface area (TPSA) is 70.1 Å². The highest BCUT2D eigenvalue weighted by atomic mass is 16.5. The van der Waals surface area contributed by atoms with Crippen LogP contribution in [-0.2, 0) is 14.3 Å². The minimum absolute atomic E-state index is 0.125. The van der Waals surface area contributed by atoms with Crippen molar-refractivity contribution in [1.82, 2.24) is 9.80 Å². The molecule has 0 amide bonds. The zero-order valence-electron chi connectivity index (χ0n) is 13.3. The molecule has 3 aliphatic rings. The van der Waals surface area contributed by atoms with Gasteiger partial charge in [0, 0.05) is 38.1 Å². The molecular formula is C16H26N2O4. The van der Waals surface area contributed by atoms with Crippen LogP contribution in [0.3, 0.4) is 0 Å². The predicted molar refractivity (Wildman–Crippen MR) is 80.5 cm³/mol. The van der Waals surface area contributed by atoms with Gasteiger partial charge in [0.15, 0.2) is 0 Å². The molecule has 0 spiro atoms. The highest BCUT2D eigenvalue weighted by molar-refractivity contribution is 5.77. The highest BCUT2D eigenvalue weighted by Gasteiger charge is 2.58. The quantitative estimate of drug-likeness (QED) is 0.758. The normalized spacial score (nSPS) is 33.2. The van der Waals surface area contributed by atoms with Crippen LogP contribution in [0, 0.1) is 11.3 Å². The van der Waals surface area contributed by atoms with Crippen molar-refractivity contribution < 1.29 is 19.4 Å². The van der Waals surface area contributed by atoms with Gasteiger partial charge in [-0.25, -0.2) is 0 Å². The highest BCUT2D eigenvalue weighted by Crippen LogP contribution is 2.44. The van der Waals surface area contributed by atoms with E-state index in [1.807, 2.05) is 4.90 Å². The number of carbonyl (C=O) groups is 2. The van der Waals surface area contributed by atoms with E-state index < -0.39 is 11.4 Å². The number of carboxylic acids is 1. The third-order valence-corrected chi connectivity index (χ3v) is 5.63. The third kappa shape index (κ3) is 2.74. The standard InChI is InChI=1S/C16H26N2O4/c1-2-22-14(19)9-17-7-12-8-18(13-5-3-4-6-13)11-16(12,10-17)15(20)21/h12-13H,2-11H2,1H3,(H,20,21)/t12-,16-/m1/s1. The lowest BCUT2D eigenvalue weighted by atomic mass is 9.81. The monoisotopic (exact) mass is 310 g/mol. The summed E-state index contributed by atoms with van der Waals surface area (Å²) in [5.41, 5.74) is -0.699. The second-order valence-electron chi connectivity index (χ2n) is 7.00. The Balaban J connectivity index is 1.66. The van der Waals surface area contributed by atoms with Crippen LogP contribution < -0.4 is 0 Å². The smallest absolute Gasteiger partial charge is 0.320 e. The molecule has 0 unspecified atom stereocenters. The molecule has 6 heteroatoms. The first-order valence-corrected chi connectivity index (χ1v) is 8.40. The van der Waals surface area contributed by atoms with Crippen molar-refractivity contribution in [2.24, 2.45) is 11.3 Å². The van der Waals surface area contributed by atoms with Crippen molar-refractivity contribution in [1.29, 1.82) is 0 Å². The number of esters is 1. The predicted octanol–water partition coefficient (Wildman–Crippen LogP) is 0.811. The Morgan fingerprint density at radius 1 is 1.23 bits per heavy atom. The van der Waals surface area contributed by atoms with E-state index in [0.717, 1.165) is 6.54 Å². The van der Waals surface area contributed by atoms with Crippen molar-refractivity contribution in [3.8, 4) is 0 Å². The zero-order chi connectivity index (χ0) is 15.7. The van der Waals surface area contributed by atoms with E-state index in [0.29, 0.717) is 32.3 Å². The number of nitrogens with zero attached hydrogens (tertiary/aromatic N) is 2. The SMILES string of the molecule is CCOC(=O)CN1C[C@@H]2CN(C3CCCC3)C[C@]2(C(=O)O)C1. The molecule has 0 bridgehead atoms. The Kier molecular flexibility index (Phi) is 4.41. The Morgan fingerprint density at radius 3 is 2.55 bits per heavy atom. The van der Waals surface area contributed by atoms with Gasteiger partial charge in [-0.3, -0.25) is 19.4 Å². The van der Waals surface area contributed by atoms with Crippen LogP contribution in [0.25, 0.3) is 0 Å². The summed E-state index contributed by atoms with van der Waals surface area (Å²) in [4.78, 5) is 28.0. The summed E-state index contributed by atoms with van der Waals surface area (Å²) in [6.45, 7) is 5.02. The number of carboxylic acid groups (broad SMARTS) is 1. The van der Waals surface area contributed by atoms with Crippen LogP contribution in [0.4, 0.5) is 0 Å². The van der Waals surface area contributed by atoms with E-state index >= 15 is 0 Å². The zero-order valence-corrected chi connectivity index (χ0v) is 13.3. The Morgan fingerprint density at radius 2 is 1.95 bits per heavy atom. The van der Waals surface area contributed by atoms with Gasteiger partial charge in [-0.1, -0.05) is 12.8 Å². The summed E-state index contributed by atoms with van der Waals surface area (Å²) in [5, 5.41) is 9.82. The molecule has 3 rings (SSSR count). The molecule has 1 aliphatic carbocycles. The minimum atomic E-state index is -0.704. The van der Waals surface area contributed by atoms with Crippen molar-refractivity contribution >= 4 is 11.9 Å². The number of likely N-dealkylation sites (tertiary alicyclic amines) is 2. The molecule has 1 saturated carbocycles. The summed E-state index contributed by atoms with van der Waals surface area (Å²) < 4.78 is 4.98. The number of hydrogen-bond acceptors (Lipinski definition) is 5. The molecule has 2 aliphatic heterocycles. The molecule has 3 fully saturated rings. The van der Waals surface area contributed by atoms with Gasteiger partial charge in [0.2, 0.25) is 0 Å². The number of hydrogen-bond donors (Lipinski definition) is 1. The van der Waals surface area contributed by atoms with Crippen molar-refractivity contribution in [2.75, 3.05) is 39.3 Å². The number of rotatable bonds is 5. The van der Waals surface area contributed by atoms with E-state index in [1.54, 1.807) is 6.92 Å².